The Bertz CT molecular complexity index is 328. The van der Waals surface area contributed by atoms with Crippen LogP contribution in [-0.4, -0.2) is 12.7 Å². The van der Waals surface area contributed by atoms with Gasteiger partial charge < -0.3 is 5.32 Å². The average molecular weight is 245 g/mol. The third kappa shape index (κ3) is 5.61. The summed E-state index contributed by atoms with van der Waals surface area (Å²) in [5, 5.41) is 2.98. The molecule has 1 aromatic carbocycles. The first-order valence-electron chi connectivity index (χ1n) is 5.79. The normalized spacial score (nSPS) is 11.9. The van der Waals surface area contributed by atoms with E-state index in [1.54, 1.807) is 0 Å². The molecule has 1 nitrogen and oxygen atoms in total. The molecule has 0 radical (unpaired) electrons. The minimum absolute atomic E-state index is 0.107. The predicted molar refractivity (Wildman–Crippen MR) is 64.3 cm³/mol. The minimum Gasteiger partial charge on any atom is -0.385 e. The lowest BCUT2D eigenvalue weighted by Gasteiger charge is -2.10. The van der Waals surface area contributed by atoms with Crippen LogP contribution in [0.5, 0.6) is 0 Å². The van der Waals surface area contributed by atoms with Crippen molar-refractivity contribution in [1.82, 2.24) is 0 Å². The lowest BCUT2D eigenvalue weighted by Crippen LogP contribution is -2.10. The number of alkyl halides is 3. The van der Waals surface area contributed by atoms with E-state index in [-0.39, 0.29) is 6.42 Å². The van der Waals surface area contributed by atoms with Crippen LogP contribution in [0.4, 0.5) is 18.9 Å². The van der Waals surface area contributed by atoms with Crippen LogP contribution in [0.1, 0.15) is 38.2 Å². The lowest BCUT2D eigenvalue weighted by molar-refractivity contribution is -0.134. The van der Waals surface area contributed by atoms with Crippen molar-refractivity contribution in [2.24, 2.45) is 0 Å². The molecule has 0 heterocycles. The van der Waals surface area contributed by atoms with Crippen molar-refractivity contribution in [1.29, 1.82) is 0 Å². The molecule has 0 spiro atoms. The van der Waals surface area contributed by atoms with Crippen molar-refractivity contribution in [2.45, 2.75) is 38.8 Å². The summed E-state index contributed by atoms with van der Waals surface area (Å²) in [6, 6.07) is 7.80. The van der Waals surface area contributed by atoms with Gasteiger partial charge in [0, 0.05) is 18.7 Å². The van der Waals surface area contributed by atoms with E-state index in [1.807, 2.05) is 24.3 Å². The third-order valence-corrected chi connectivity index (χ3v) is 2.54. The highest BCUT2D eigenvalue weighted by atomic mass is 19.4. The first-order valence-corrected chi connectivity index (χ1v) is 5.79. The smallest absolute Gasteiger partial charge is 0.385 e. The number of hydrogen-bond donors (Lipinski definition) is 1. The van der Waals surface area contributed by atoms with Gasteiger partial charge in [-0.1, -0.05) is 26.0 Å². The summed E-state index contributed by atoms with van der Waals surface area (Å²) in [7, 11) is 0. The molecule has 0 saturated heterocycles. The van der Waals surface area contributed by atoms with Gasteiger partial charge in [0.15, 0.2) is 0 Å². The Kier molecular flexibility index (Phi) is 4.85. The lowest BCUT2D eigenvalue weighted by atomic mass is 10.0. The molecular weight excluding hydrogens is 227 g/mol. The molecule has 0 unspecified atom stereocenters. The first kappa shape index (κ1) is 13.9. The number of anilines is 1. The van der Waals surface area contributed by atoms with Crippen molar-refractivity contribution in [2.75, 3.05) is 11.9 Å². The highest BCUT2D eigenvalue weighted by molar-refractivity contribution is 5.44. The molecule has 4 heteroatoms. The molecule has 0 amide bonds. The van der Waals surface area contributed by atoms with E-state index in [0.29, 0.717) is 12.5 Å². The van der Waals surface area contributed by atoms with E-state index < -0.39 is 12.6 Å². The number of halogens is 3. The Hall–Kier alpha value is -1.19. The fourth-order valence-corrected chi connectivity index (χ4v) is 1.51. The molecule has 0 aliphatic rings. The van der Waals surface area contributed by atoms with Gasteiger partial charge >= 0.3 is 6.18 Å². The van der Waals surface area contributed by atoms with Crippen LogP contribution in [0.3, 0.4) is 0 Å². The van der Waals surface area contributed by atoms with Gasteiger partial charge in [-0.15, -0.1) is 0 Å². The standard InChI is InChI=1S/C13H18F3N/c1-10(2)11-4-6-12(7-5-11)17-9-3-8-13(14,15)16/h4-7,10,17H,3,8-9H2,1-2H3. The number of rotatable bonds is 5. The van der Waals surface area contributed by atoms with Gasteiger partial charge in [-0.3, -0.25) is 0 Å². The molecule has 17 heavy (non-hydrogen) atoms. The maximum atomic E-state index is 11.9. The van der Waals surface area contributed by atoms with Crippen molar-refractivity contribution in [3.8, 4) is 0 Å². The zero-order chi connectivity index (χ0) is 12.9. The monoisotopic (exact) mass is 245 g/mol. The van der Waals surface area contributed by atoms with Crippen LogP contribution >= 0.6 is 0 Å². The summed E-state index contributed by atoms with van der Waals surface area (Å²) in [5.74, 6) is 0.467. The zero-order valence-corrected chi connectivity index (χ0v) is 10.1. The van der Waals surface area contributed by atoms with Crippen LogP contribution in [0.25, 0.3) is 0 Å². The summed E-state index contributed by atoms with van der Waals surface area (Å²) in [6.45, 7) is 4.55. The summed E-state index contributed by atoms with van der Waals surface area (Å²) < 4.78 is 35.7. The molecular formula is C13H18F3N. The molecule has 0 saturated carbocycles. The van der Waals surface area contributed by atoms with Crippen molar-refractivity contribution < 1.29 is 13.2 Å². The molecule has 0 aliphatic carbocycles. The topological polar surface area (TPSA) is 12.0 Å². The molecule has 96 valence electrons. The second kappa shape index (κ2) is 5.94. The second-order valence-corrected chi connectivity index (χ2v) is 4.42. The fraction of sp³-hybridized carbons (Fsp3) is 0.538. The Balaban J connectivity index is 2.33. The van der Waals surface area contributed by atoms with Crippen molar-refractivity contribution in [3.63, 3.8) is 0 Å². The molecule has 1 N–H and O–H groups in total. The Labute approximate surface area is 100 Å². The van der Waals surface area contributed by atoms with Gasteiger partial charge in [0.1, 0.15) is 0 Å². The van der Waals surface area contributed by atoms with Crippen LogP contribution < -0.4 is 5.32 Å². The van der Waals surface area contributed by atoms with Crippen molar-refractivity contribution in [3.05, 3.63) is 29.8 Å². The number of benzene rings is 1. The average Bonchev–Trinajstić information content (AvgIpc) is 2.24. The van der Waals surface area contributed by atoms with Gasteiger partial charge in [0.2, 0.25) is 0 Å². The second-order valence-electron chi connectivity index (χ2n) is 4.42. The number of hydrogen-bond acceptors (Lipinski definition) is 1. The van der Waals surface area contributed by atoms with E-state index >= 15 is 0 Å². The SMILES string of the molecule is CC(C)c1ccc(NCCCC(F)(F)F)cc1. The Morgan fingerprint density at radius 1 is 1.12 bits per heavy atom. The molecule has 1 aromatic rings. The maximum Gasteiger partial charge on any atom is 0.389 e. The van der Waals surface area contributed by atoms with E-state index in [1.165, 1.54) is 5.56 Å². The summed E-state index contributed by atoms with van der Waals surface area (Å²) in [5.41, 5.74) is 2.10. The van der Waals surface area contributed by atoms with Gasteiger partial charge in [0.25, 0.3) is 0 Å². The molecule has 0 fully saturated rings. The van der Waals surface area contributed by atoms with E-state index in [9.17, 15) is 13.2 Å². The minimum atomic E-state index is -4.05. The Morgan fingerprint density at radius 3 is 2.18 bits per heavy atom. The maximum absolute atomic E-state index is 11.9. The zero-order valence-electron chi connectivity index (χ0n) is 10.1. The van der Waals surface area contributed by atoms with E-state index in [4.69, 9.17) is 0 Å². The largest absolute Gasteiger partial charge is 0.389 e. The van der Waals surface area contributed by atoms with Crippen LogP contribution in [0, 0.1) is 0 Å². The van der Waals surface area contributed by atoms with Gasteiger partial charge in [-0.25, -0.2) is 0 Å². The number of nitrogens with one attached hydrogen (secondary N) is 1. The Morgan fingerprint density at radius 2 is 1.71 bits per heavy atom. The predicted octanol–water partition coefficient (Wildman–Crippen LogP) is 4.56. The van der Waals surface area contributed by atoms with Crippen LogP contribution in [0.15, 0.2) is 24.3 Å². The van der Waals surface area contributed by atoms with E-state index in [0.717, 1.165) is 5.69 Å². The molecule has 0 aromatic heterocycles. The van der Waals surface area contributed by atoms with Crippen LogP contribution in [-0.2, 0) is 0 Å². The summed E-state index contributed by atoms with van der Waals surface area (Å²) >= 11 is 0. The third-order valence-electron chi connectivity index (χ3n) is 2.54. The van der Waals surface area contributed by atoms with Gasteiger partial charge in [0.05, 0.1) is 0 Å². The highest BCUT2D eigenvalue weighted by Gasteiger charge is 2.25. The van der Waals surface area contributed by atoms with Gasteiger partial charge in [-0.05, 0) is 30.0 Å². The molecule has 0 atom stereocenters. The summed E-state index contributed by atoms with van der Waals surface area (Å²) in [6.07, 6.45) is -4.68. The molecule has 0 aliphatic heterocycles. The fourth-order valence-electron chi connectivity index (χ4n) is 1.51. The van der Waals surface area contributed by atoms with Crippen LogP contribution in [0.2, 0.25) is 0 Å². The first-order chi connectivity index (χ1) is 7.88. The van der Waals surface area contributed by atoms with E-state index in [2.05, 4.69) is 19.2 Å². The highest BCUT2D eigenvalue weighted by Crippen LogP contribution is 2.21. The van der Waals surface area contributed by atoms with Gasteiger partial charge in [-0.2, -0.15) is 13.2 Å². The molecule has 0 bridgehead atoms. The summed E-state index contributed by atoms with van der Waals surface area (Å²) in [4.78, 5) is 0. The van der Waals surface area contributed by atoms with Crippen molar-refractivity contribution >= 4 is 5.69 Å². The quantitative estimate of drug-likeness (QED) is 0.749. The molecule has 1 rings (SSSR count).